The minimum absolute atomic E-state index is 0.411. The second kappa shape index (κ2) is 5.81. The van der Waals surface area contributed by atoms with Gasteiger partial charge in [0.2, 0.25) is 0 Å². The summed E-state index contributed by atoms with van der Waals surface area (Å²) in [6.07, 6.45) is 7.12. The van der Waals surface area contributed by atoms with E-state index in [0.717, 1.165) is 11.3 Å². The Labute approximate surface area is 110 Å². The first-order valence-corrected chi connectivity index (χ1v) is 6.84. The Bertz CT molecular complexity index is 363. The maximum atomic E-state index is 5.94. The highest BCUT2D eigenvalue weighted by atomic mass is 16.5. The zero-order chi connectivity index (χ0) is 13.0. The second-order valence-corrected chi connectivity index (χ2v) is 6.04. The molecule has 3 heteroatoms. The second-order valence-electron chi connectivity index (χ2n) is 6.04. The summed E-state index contributed by atoms with van der Waals surface area (Å²) in [5, 5.41) is 0. The van der Waals surface area contributed by atoms with Crippen molar-refractivity contribution in [3.8, 4) is 0 Å². The molecule has 1 heterocycles. The molecule has 3 nitrogen and oxygen atoms in total. The van der Waals surface area contributed by atoms with E-state index in [-0.39, 0.29) is 0 Å². The van der Waals surface area contributed by atoms with Gasteiger partial charge in [0.05, 0.1) is 18.4 Å². The number of hydrogen-bond acceptors (Lipinski definition) is 3. The van der Waals surface area contributed by atoms with Crippen LogP contribution in [-0.2, 0) is 17.9 Å². The van der Waals surface area contributed by atoms with Crippen molar-refractivity contribution in [1.82, 2.24) is 4.98 Å². The average Bonchev–Trinajstić information content (AvgIpc) is 2.38. The highest BCUT2D eigenvalue weighted by Crippen LogP contribution is 2.36. The average molecular weight is 248 g/mol. The molecule has 0 atom stereocenters. The number of ether oxygens (including phenoxy) is 1. The summed E-state index contributed by atoms with van der Waals surface area (Å²) < 4.78 is 5.94. The molecular weight excluding hydrogens is 224 g/mol. The molecule has 1 fully saturated rings. The van der Waals surface area contributed by atoms with Crippen molar-refractivity contribution < 1.29 is 4.74 Å². The zero-order valence-corrected chi connectivity index (χ0v) is 11.5. The minimum Gasteiger partial charge on any atom is -0.372 e. The van der Waals surface area contributed by atoms with Crippen LogP contribution in [0.3, 0.4) is 0 Å². The third-order valence-electron chi connectivity index (χ3n) is 3.87. The topological polar surface area (TPSA) is 48.1 Å². The Kier molecular flexibility index (Phi) is 4.36. The molecule has 0 radical (unpaired) electrons. The highest BCUT2D eigenvalue weighted by molar-refractivity contribution is 5.13. The van der Waals surface area contributed by atoms with Crippen molar-refractivity contribution in [3.05, 3.63) is 29.6 Å². The van der Waals surface area contributed by atoms with E-state index < -0.39 is 0 Å². The monoisotopic (exact) mass is 248 g/mol. The van der Waals surface area contributed by atoms with E-state index in [1.54, 1.807) is 0 Å². The molecule has 0 aliphatic heterocycles. The molecule has 1 saturated carbocycles. The molecule has 100 valence electrons. The lowest BCUT2D eigenvalue weighted by Crippen LogP contribution is -2.26. The van der Waals surface area contributed by atoms with Crippen LogP contribution in [0.25, 0.3) is 0 Å². The predicted octanol–water partition coefficient (Wildman–Crippen LogP) is 3.03. The van der Waals surface area contributed by atoms with Crippen LogP contribution in [-0.4, -0.2) is 11.1 Å². The minimum atomic E-state index is 0.411. The fourth-order valence-corrected chi connectivity index (χ4v) is 2.40. The van der Waals surface area contributed by atoms with Crippen molar-refractivity contribution >= 4 is 0 Å². The molecule has 1 aliphatic carbocycles. The van der Waals surface area contributed by atoms with Crippen molar-refractivity contribution in [3.63, 3.8) is 0 Å². The van der Waals surface area contributed by atoms with Crippen LogP contribution in [0.5, 0.6) is 0 Å². The zero-order valence-electron chi connectivity index (χ0n) is 11.5. The van der Waals surface area contributed by atoms with Crippen LogP contribution in [0, 0.1) is 5.41 Å². The highest BCUT2D eigenvalue weighted by Gasteiger charge is 2.27. The van der Waals surface area contributed by atoms with Crippen LogP contribution in [0.2, 0.25) is 0 Å². The lowest BCUT2D eigenvalue weighted by atomic mass is 9.76. The summed E-state index contributed by atoms with van der Waals surface area (Å²) in [6, 6.07) is 4.03. The third-order valence-corrected chi connectivity index (χ3v) is 3.87. The van der Waals surface area contributed by atoms with Gasteiger partial charge in [-0.1, -0.05) is 19.9 Å². The van der Waals surface area contributed by atoms with E-state index in [0.29, 0.717) is 24.7 Å². The van der Waals surface area contributed by atoms with Crippen molar-refractivity contribution in [2.45, 2.75) is 58.8 Å². The molecule has 0 saturated heterocycles. The van der Waals surface area contributed by atoms with Crippen LogP contribution in [0.15, 0.2) is 18.3 Å². The Morgan fingerprint density at radius 2 is 2.06 bits per heavy atom. The molecule has 0 amide bonds. The molecule has 1 aromatic rings. The fourth-order valence-electron chi connectivity index (χ4n) is 2.40. The van der Waals surface area contributed by atoms with Gasteiger partial charge in [0, 0.05) is 12.7 Å². The summed E-state index contributed by atoms with van der Waals surface area (Å²) in [5.74, 6) is 0. The summed E-state index contributed by atoms with van der Waals surface area (Å²) in [6.45, 7) is 5.86. The van der Waals surface area contributed by atoms with Gasteiger partial charge in [0.25, 0.3) is 0 Å². The van der Waals surface area contributed by atoms with Gasteiger partial charge in [-0.05, 0) is 42.7 Å². The number of nitrogens with two attached hydrogens (primary N) is 1. The first-order chi connectivity index (χ1) is 8.59. The van der Waals surface area contributed by atoms with Gasteiger partial charge in [-0.25, -0.2) is 0 Å². The van der Waals surface area contributed by atoms with Gasteiger partial charge in [-0.2, -0.15) is 0 Å². The summed E-state index contributed by atoms with van der Waals surface area (Å²) in [7, 11) is 0. The van der Waals surface area contributed by atoms with Crippen LogP contribution < -0.4 is 5.73 Å². The molecule has 2 rings (SSSR count). The lowest BCUT2D eigenvalue weighted by Gasteiger charge is -2.34. The molecule has 0 bridgehead atoms. The smallest absolute Gasteiger partial charge is 0.0891 e. The molecule has 2 N–H and O–H groups in total. The van der Waals surface area contributed by atoms with Gasteiger partial charge < -0.3 is 10.5 Å². The molecule has 0 aromatic carbocycles. The maximum Gasteiger partial charge on any atom is 0.0891 e. The number of rotatable bonds is 4. The lowest BCUT2D eigenvalue weighted by molar-refractivity contribution is -0.00688. The Morgan fingerprint density at radius 3 is 2.61 bits per heavy atom. The molecule has 18 heavy (non-hydrogen) atoms. The fraction of sp³-hybridized carbons (Fsp3) is 0.667. The van der Waals surface area contributed by atoms with Crippen molar-refractivity contribution in [2.75, 3.05) is 0 Å². The van der Waals surface area contributed by atoms with E-state index >= 15 is 0 Å². The Balaban J connectivity index is 1.78. The number of hydrogen-bond donors (Lipinski definition) is 1. The van der Waals surface area contributed by atoms with Gasteiger partial charge >= 0.3 is 0 Å². The van der Waals surface area contributed by atoms with Gasteiger partial charge in [0.1, 0.15) is 0 Å². The SMILES string of the molecule is CC1(C)CCC(OCc2ccc(CN)cn2)CC1. The molecule has 0 unspecified atom stereocenters. The number of aromatic nitrogens is 1. The van der Waals surface area contributed by atoms with Gasteiger partial charge in [-0.15, -0.1) is 0 Å². The summed E-state index contributed by atoms with van der Waals surface area (Å²) in [5.41, 5.74) is 8.11. The summed E-state index contributed by atoms with van der Waals surface area (Å²) in [4.78, 5) is 4.36. The molecule has 1 aromatic heterocycles. The van der Waals surface area contributed by atoms with Crippen molar-refractivity contribution in [2.24, 2.45) is 11.1 Å². The van der Waals surface area contributed by atoms with Crippen molar-refractivity contribution in [1.29, 1.82) is 0 Å². The van der Waals surface area contributed by atoms with Gasteiger partial charge in [-0.3, -0.25) is 4.98 Å². The molecular formula is C15H24N2O. The van der Waals surface area contributed by atoms with Crippen LogP contribution >= 0.6 is 0 Å². The van der Waals surface area contributed by atoms with E-state index in [1.165, 1.54) is 25.7 Å². The number of nitrogens with zero attached hydrogens (tertiary/aromatic N) is 1. The Hall–Kier alpha value is -0.930. The maximum absolute atomic E-state index is 5.94. The van der Waals surface area contributed by atoms with Crippen LogP contribution in [0.4, 0.5) is 0 Å². The predicted molar refractivity (Wildman–Crippen MR) is 73.0 cm³/mol. The largest absolute Gasteiger partial charge is 0.372 e. The molecule has 1 aliphatic rings. The first-order valence-electron chi connectivity index (χ1n) is 6.84. The van der Waals surface area contributed by atoms with Gasteiger partial charge in [0.15, 0.2) is 0 Å². The standard InChI is InChI=1S/C15H24N2O/c1-15(2)7-5-14(6-8-15)18-11-13-4-3-12(9-16)10-17-13/h3-4,10,14H,5-9,11,16H2,1-2H3. The van der Waals surface area contributed by atoms with E-state index in [1.807, 2.05) is 18.3 Å². The normalized spacial score (nSPS) is 19.9. The van der Waals surface area contributed by atoms with E-state index in [9.17, 15) is 0 Å². The third kappa shape index (κ3) is 3.79. The Morgan fingerprint density at radius 1 is 1.33 bits per heavy atom. The number of pyridine rings is 1. The molecule has 0 spiro atoms. The van der Waals surface area contributed by atoms with E-state index in [2.05, 4.69) is 18.8 Å². The summed E-state index contributed by atoms with van der Waals surface area (Å²) >= 11 is 0. The first kappa shape index (κ1) is 13.5. The van der Waals surface area contributed by atoms with Crippen LogP contribution in [0.1, 0.15) is 50.8 Å². The van der Waals surface area contributed by atoms with E-state index in [4.69, 9.17) is 10.5 Å². The quantitative estimate of drug-likeness (QED) is 0.891.